The van der Waals surface area contributed by atoms with E-state index in [9.17, 15) is 4.79 Å². The summed E-state index contributed by atoms with van der Waals surface area (Å²) in [4.78, 5) is 11.6. The second-order valence-corrected chi connectivity index (χ2v) is 4.67. The average molecular weight is 256 g/mol. The molecule has 0 aromatic heterocycles. The highest BCUT2D eigenvalue weighted by Gasteiger charge is 2.23. The van der Waals surface area contributed by atoms with Gasteiger partial charge in [-0.3, -0.25) is 4.79 Å². The predicted molar refractivity (Wildman–Crippen MR) is 69.2 cm³/mol. The average Bonchev–Trinajstić information content (AvgIpc) is 2.38. The minimum atomic E-state index is -0.110. The summed E-state index contributed by atoms with van der Waals surface area (Å²) in [6.45, 7) is 3.09. The molecule has 0 spiro atoms. The molecule has 1 rings (SSSR count). The fraction of sp³-hybridized carbons (Fsp3) is 0.786. The van der Waals surface area contributed by atoms with Crippen LogP contribution in [0.3, 0.4) is 0 Å². The molecular formula is C14H24O4. The molecule has 1 heterocycles. The van der Waals surface area contributed by atoms with Crippen LogP contribution < -0.4 is 0 Å². The lowest BCUT2D eigenvalue weighted by atomic mass is 9.98. The molecule has 1 N–H and O–H groups in total. The summed E-state index contributed by atoms with van der Waals surface area (Å²) in [6, 6.07) is 0. The Kier molecular flexibility index (Phi) is 7.89. The minimum Gasteiger partial charge on any atom is -0.396 e. The lowest BCUT2D eigenvalue weighted by Gasteiger charge is -2.29. The topological polar surface area (TPSA) is 55.8 Å². The number of rotatable bonds is 8. The number of ketones is 1. The Labute approximate surface area is 109 Å². The molecule has 4 nitrogen and oxygen atoms in total. The number of unbranched alkanes of at least 4 members (excludes halogenated alkanes) is 2. The van der Waals surface area contributed by atoms with Crippen LogP contribution in [0.15, 0.2) is 12.2 Å². The predicted octanol–water partition coefficient (Wildman–Crippen LogP) is 2.06. The Balaban J connectivity index is 2.35. The van der Waals surface area contributed by atoms with E-state index in [2.05, 4.69) is 6.92 Å². The fourth-order valence-electron chi connectivity index (χ4n) is 2.02. The van der Waals surface area contributed by atoms with Crippen molar-refractivity contribution in [2.75, 3.05) is 20.0 Å². The summed E-state index contributed by atoms with van der Waals surface area (Å²) in [5.41, 5.74) is 0. The van der Waals surface area contributed by atoms with Crippen LogP contribution in [-0.2, 0) is 14.3 Å². The first-order valence-corrected chi connectivity index (χ1v) is 6.79. The fourth-order valence-corrected chi connectivity index (χ4v) is 2.02. The van der Waals surface area contributed by atoms with Crippen LogP contribution in [0.2, 0.25) is 0 Å². The smallest absolute Gasteiger partial charge is 0.155 e. The zero-order chi connectivity index (χ0) is 13.2. The van der Waals surface area contributed by atoms with Crippen molar-refractivity contribution in [3.05, 3.63) is 12.2 Å². The Morgan fingerprint density at radius 3 is 3.00 bits per heavy atom. The first-order valence-electron chi connectivity index (χ1n) is 6.79. The van der Waals surface area contributed by atoms with Crippen molar-refractivity contribution in [3.8, 4) is 0 Å². The van der Waals surface area contributed by atoms with Crippen LogP contribution in [0.4, 0.5) is 0 Å². The van der Waals surface area contributed by atoms with Crippen molar-refractivity contribution in [2.45, 2.75) is 45.1 Å². The SMILES string of the molecule is CCCCCC(=O)C=CC1OCOCC1CCO. The Bertz CT molecular complexity index is 261. The van der Waals surface area contributed by atoms with Gasteiger partial charge in [0.05, 0.1) is 12.7 Å². The summed E-state index contributed by atoms with van der Waals surface area (Å²) in [6.07, 6.45) is 7.75. The maximum Gasteiger partial charge on any atom is 0.155 e. The molecule has 1 aliphatic heterocycles. The van der Waals surface area contributed by atoms with Gasteiger partial charge in [0, 0.05) is 18.9 Å². The Hall–Kier alpha value is -0.710. The van der Waals surface area contributed by atoms with E-state index < -0.39 is 0 Å². The quantitative estimate of drug-likeness (QED) is 0.533. The second-order valence-electron chi connectivity index (χ2n) is 4.67. The number of aliphatic hydroxyl groups excluding tert-OH is 1. The number of ether oxygens (including phenoxy) is 2. The van der Waals surface area contributed by atoms with Gasteiger partial charge in [-0.1, -0.05) is 25.8 Å². The molecule has 0 aliphatic carbocycles. The van der Waals surface area contributed by atoms with Crippen molar-refractivity contribution >= 4 is 5.78 Å². The van der Waals surface area contributed by atoms with Gasteiger partial charge in [0.2, 0.25) is 0 Å². The van der Waals surface area contributed by atoms with Crippen molar-refractivity contribution in [3.63, 3.8) is 0 Å². The number of hydrogen-bond acceptors (Lipinski definition) is 4. The summed E-state index contributed by atoms with van der Waals surface area (Å²) < 4.78 is 10.6. The number of carbonyl (C=O) groups is 1. The third-order valence-electron chi connectivity index (χ3n) is 3.14. The highest BCUT2D eigenvalue weighted by atomic mass is 16.7. The summed E-state index contributed by atoms with van der Waals surface area (Å²) in [5, 5.41) is 8.95. The summed E-state index contributed by atoms with van der Waals surface area (Å²) in [7, 11) is 0. The van der Waals surface area contributed by atoms with E-state index in [1.54, 1.807) is 6.08 Å². The number of allylic oxidation sites excluding steroid dienone is 1. The first kappa shape index (κ1) is 15.3. The molecule has 104 valence electrons. The maximum atomic E-state index is 11.6. The largest absolute Gasteiger partial charge is 0.396 e. The Morgan fingerprint density at radius 1 is 1.44 bits per heavy atom. The molecule has 0 amide bonds. The van der Waals surface area contributed by atoms with Crippen molar-refractivity contribution in [1.82, 2.24) is 0 Å². The highest BCUT2D eigenvalue weighted by molar-refractivity contribution is 5.89. The van der Waals surface area contributed by atoms with Crippen molar-refractivity contribution in [1.29, 1.82) is 0 Å². The minimum absolute atomic E-state index is 0.110. The zero-order valence-electron chi connectivity index (χ0n) is 11.1. The van der Waals surface area contributed by atoms with Crippen molar-refractivity contribution < 1.29 is 19.4 Å². The van der Waals surface area contributed by atoms with E-state index in [0.29, 0.717) is 19.4 Å². The molecule has 0 bridgehead atoms. The van der Waals surface area contributed by atoms with E-state index >= 15 is 0 Å². The molecule has 0 aromatic carbocycles. The van der Waals surface area contributed by atoms with Gasteiger partial charge in [0.15, 0.2) is 5.78 Å². The normalized spacial score (nSPS) is 24.6. The molecule has 2 unspecified atom stereocenters. The van der Waals surface area contributed by atoms with Crippen molar-refractivity contribution in [2.24, 2.45) is 5.92 Å². The Morgan fingerprint density at radius 2 is 2.28 bits per heavy atom. The molecule has 4 heteroatoms. The molecule has 0 saturated carbocycles. The molecular weight excluding hydrogens is 232 g/mol. The van der Waals surface area contributed by atoms with Gasteiger partial charge in [-0.05, 0) is 18.9 Å². The molecule has 2 atom stereocenters. The second kappa shape index (κ2) is 9.25. The van der Waals surface area contributed by atoms with E-state index in [0.717, 1.165) is 19.3 Å². The first-order chi connectivity index (χ1) is 8.77. The van der Waals surface area contributed by atoms with Crippen LogP contribution in [0.5, 0.6) is 0 Å². The standard InChI is InChI=1S/C14H24O4/c1-2-3-4-5-13(16)6-7-14-12(8-9-15)10-17-11-18-14/h6-7,12,14-15H,2-5,8-11H2,1H3. The van der Waals surface area contributed by atoms with Gasteiger partial charge < -0.3 is 14.6 Å². The van der Waals surface area contributed by atoms with Crippen LogP contribution in [0, 0.1) is 5.92 Å². The lowest BCUT2D eigenvalue weighted by molar-refractivity contribution is -0.156. The van der Waals surface area contributed by atoms with Crippen LogP contribution in [-0.4, -0.2) is 37.0 Å². The van der Waals surface area contributed by atoms with Gasteiger partial charge in [-0.25, -0.2) is 0 Å². The highest BCUT2D eigenvalue weighted by Crippen LogP contribution is 2.19. The monoisotopic (exact) mass is 256 g/mol. The van der Waals surface area contributed by atoms with Crippen LogP contribution in [0.25, 0.3) is 0 Å². The van der Waals surface area contributed by atoms with E-state index in [1.165, 1.54) is 0 Å². The number of aliphatic hydroxyl groups is 1. The number of carbonyl (C=O) groups excluding carboxylic acids is 1. The molecule has 1 saturated heterocycles. The third-order valence-corrected chi connectivity index (χ3v) is 3.14. The number of hydrogen-bond donors (Lipinski definition) is 1. The summed E-state index contributed by atoms with van der Waals surface area (Å²) in [5.74, 6) is 0.296. The molecule has 0 aromatic rings. The maximum absolute atomic E-state index is 11.6. The zero-order valence-corrected chi connectivity index (χ0v) is 11.1. The van der Waals surface area contributed by atoms with Gasteiger partial charge in [0.25, 0.3) is 0 Å². The van der Waals surface area contributed by atoms with E-state index in [1.807, 2.05) is 6.08 Å². The van der Waals surface area contributed by atoms with Gasteiger partial charge in [-0.15, -0.1) is 0 Å². The van der Waals surface area contributed by atoms with Gasteiger partial charge in [-0.2, -0.15) is 0 Å². The lowest BCUT2D eigenvalue weighted by Crippen LogP contribution is -2.33. The molecule has 1 fully saturated rings. The molecule has 0 radical (unpaired) electrons. The molecule has 18 heavy (non-hydrogen) atoms. The van der Waals surface area contributed by atoms with Gasteiger partial charge in [0.1, 0.15) is 6.79 Å². The van der Waals surface area contributed by atoms with Crippen LogP contribution >= 0.6 is 0 Å². The summed E-state index contributed by atoms with van der Waals surface area (Å²) >= 11 is 0. The third kappa shape index (κ3) is 5.76. The molecule has 1 aliphatic rings. The van der Waals surface area contributed by atoms with Gasteiger partial charge >= 0.3 is 0 Å². The van der Waals surface area contributed by atoms with E-state index in [4.69, 9.17) is 14.6 Å². The van der Waals surface area contributed by atoms with E-state index in [-0.39, 0.29) is 31.2 Å². The van der Waals surface area contributed by atoms with Crippen LogP contribution in [0.1, 0.15) is 39.0 Å².